The van der Waals surface area contributed by atoms with Gasteiger partial charge in [-0.3, -0.25) is 67.1 Å². The highest BCUT2D eigenvalue weighted by molar-refractivity contribution is 5.99. The van der Waals surface area contributed by atoms with Crippen LogP contribution in [0.2, 0.25) is 0 Å². The van der Waals surface area contributed by atoms with E-state index < -0.39 is 187 Å². The van der Waals surface area contributed by atoms with E-state index in [0.29, 0.717) is 6.42 Å². The molecule has 0 aliphatic carbocycles. The second-order valence-electron chi connectivity index (χ2n) is 23.0. The van der Waals surface area contributed by atoms with Gasteiger partial charge in [-0.05, 0) is 89.9 Å². The summed E-state index contributed by atoms with van der Waals surface area (Å²) in [6.07, 6.45) is -2.79. The third kappa shape index (κ3) is 26.9. The monoisotopic (exact) mass is 1220 g/mol. The van der Waals surface area contributed by atoms with Crippen molar-refractivity contribution in [3.8, 4) is 0 Å². The summed E-state index contributed by atoms with van der Waals surface area (Å²) in [7, 11) is 0. The van der Waals surface area contributed by atoms with Gasteiger partial charge in [-0.2, -0.15) is 0 Å². The molecule has 1 saturated heterocycles. The first-order valence-corrected chi connectivity index (χ1v) is 28.6. The van der Waals surface area contributed by atoms with E-state index in [2.05, 4.69) is 58.5 Å². The van der Waals surface area contributed by atoms with Crippen molar-refractivity contribution in [2.45, 2.75) is 207 Å². The highest BCUT2D eigenvalue weighted by Gasteiger charge is 2.40. The minimum atomic E-state index is -1.79. The number of amides is 13. The molecule has 86 heavy (non-hydrogen) atoms. The largest absolute Gasteiger partial charge is 0.481 e. The van der Waals surface area contributed by atoms with Gasteiger partial charge in [0.05, 0.1) is 25.6 Å². The lowest BCUT2D eigenvalue weighted by Crippen LogP contribution is -2.62. The summed E-state index contributed by atoms with van der Waals surface area (Å²) in [5, 5.41) is 55.9. The fraction of sp³-hybridized carbons (Fsp3) is 0.722. The van der Waals surface area contributed by atoms with Crippen LogP contribution < -0.4 is 70.0 Å². The summed E-state index contributed by atoms with van der Waals surface area (Å²) in [6, 6.07) is -15.4. The first-order valence-electron chi connectivity index (χ1n) is 28.6. The number of carboxylic acid groups (broad SMARTS) is 2. The molecule has 0 spiro atoms. The lowest BCUT2D eigenvalue weighted by atomic mass is 9.99. The maximum Gasteiger partial charge on any atom is 0.326 e. The normalized spacial score (nSPS) is 16.9. The van der Waals surface area contributed by atoms with Crippen molar-refractivity contribution in [3.63, 3.8) is 0 Å². The van der Waals surface area contributed by atoms with Crippen LogP contribution in [0, 0.1) is 23.7 Å². The number of carbonyl (C=O) groups is 15. The fourth-order valence-electron chi connectivity index (χ4n) is 8.78. The fourth-order valence-corrected chi connectivity index (χ4v) is 8.78. The molecule has 1 rings (SSSR count). The number of nitrogens with two attached hydrogens (primary N) is 2. The van der Waals surface area contributed by atoms with Gasteiger partial charge in [0.2, 0.25) is 76.8 Å². The molecule has 0 radical (unpaired) electrons. The van der Waals surface area contributed by atoms with Crippen LogP contribution in [0.3, 0.4) is 0 Å². The second kappa shape index (κ2) is 36.7. The number of carboxylic acids is 2. The highest BCUT2D eigenvalue weighted by Crippen LogP contribution is 2.20. The number of hydrogen-bond donors (Lipinski definition) is 16. The first-order chi connectivity index (χ1) is 39.9. The number of aliphatic hydroxyl groups is 1. The van der Waals surface area contributed by atoms with Crippen LogP contribution in [0.25, 0.3) is 0 Å². The van der Waals surface area contributed by atoms with Crippen molar-refractivity contribution < 1.29 is 87.2 Å². The zero-order valence-electron chi connectivity index (χ0n) is 51.1. The molecule has 1 fully saturated rings. The van der Waals surface area contributed by atoms with Crippen LogP contribution in [0.1, 0.15) is 134 Å². The molecule has 13 amide bonds. The number of aliphatic carboxylic acids is 2. The average molecular weight is 1230 g/mol. The van der Waals surface area contributed by atoms with Gasteiger partial charge in [0.15, 0.2) is 0 Å². The number of rotatable bonds is 37. The average Bonchev–Trinajstić information content (AvgIpc) is 3.97. The second-order valence-corrected chi connectivity index (χ2v) is 23.0. The Hall–Kier alpha value is -8.03. The Balaban J connectivity index is 3.21. The molecule has 0 bridgehead atoms. The van der Waals surface area contributed by atoms with E-state index in [9.17, 15) is 82.1 Å². The molecule has 0 aromatic rings. The zero-order valence-corrected chi connectivity index (χ0v) is 51.1. The number of nitrogens with one attached hydrogen (secondary N) is 11. The molecular formula is C54H92N14O18. The smallest absolute Gasteiger partial charge is 0.326 e. The summed E-state index contributed by atoms with van der Waals surface area (Å²) in [4.78, 5) is 196. The van der Waals surface area contributed by atoms with Gasteiger partial charge in [-0.25, -0.2) is 4.79 Å². The van der Waals surface area contributed by atoms with Crippen LogP contribution in [0.5, 0.6) is 0 Å². The van der Waals surface area contributed by atoms with Crippen molar-refractivity contribution in [3.05, 3.63) is 0 Å². The van der Waals surface area contributed by atoms with Gasteiger partial charge in [0.1, 0.15) is 66.5 Å². The standard InChI is InChI=1S/C54H92N14O18/c1-24(2)18-33(49(80)65-36(54(85)86)21-41(73)74)62-45(76)29(10)59-50(81)37-14-13-17-68(37)53(84)30(11)60-44(75)28(9)58-46(77)32(15-16-38(56)70)61-47(78)34(19-25(3)4)63-48(79)35(20-26(5)6)64-52(83)43(31(12)69)67-51(82)42(27(7)8)66-40(72)23-57-39(71)22-55/h24-37,42-43,69H,13-23,55H2,1-12H3,(H2,56,70)(H,57,71)(H,58,77)(H,59,81)(H,60,75)(H,61,78)(H,62,76)(H,63,79)(H,64,83)(H,65,80)(H,66,72)(H,67,82)(H,73,74)(H,85,86). The maximum absolute atomic E-state index is 14.1. The van der Waals surface area contributed by atoms with Crippen molar-refractivity contribution in [2.75, 3.05) is 19.6 Å². The van der Waals surface area contributed by atoms with Crippen LogP contribution in [0.4, 0.5) is 0 Å². The molecule has 0 aromatic carbocycles. The van der Waals surface area contributed by atoms with Crippen molar-refractivity contribution in [1.82, 2.24) is 63.4 Å². The van der Waals surface area contributed by atoms with Crippen LogP contribution in [-0.4, -0.2) is 201 Å². The number of hydrogen-bond acceptors (Lipinski definition) is 17. The SMILES string of the molecule is CC(C)CC(NC(=O)C(C)NC(=O)C1CCCN1C(=O)C(C)NC(=O)C(C)NC(=O)C(CCC(N)=O)NC(=O)C(CC(C)C)NC(=O)C(CC(C)C)NC(=O)C(NC(=O)C(NC(=O)CNC(=O)CN)C(C)C)C(C)O)C(=O)NC(CC(=O)O)C(=O)O. The first kappa shape index (κ1) is 76.0. The van der Waals surface area contributed by atoms with E-state index in [0.717, 1.165) is 0 Å². The lowest BCUT2D eigenvalue weighted by molar-refractivity contribution is -0.147. The van der Waals surface area contributed by atoms with Crippen LogP contribution >= 0.6 is 0 Å². The summed E-state index contributed by atoms with van der Waals surface area (Å²) in [6.45, 7) is 17.9. The lowest BCUT2D eigenvalue weighted by Gasteiger charge is -2.30. The molecule has 12 unspecified atom stereocenters. The summed E-state index contributed by atoms with van der Waals surface area (Å²) >= 11 is 0. The van der Waals surface area contributed by atoms with Crippen LogP contribution in [0.15, 0.2) is 0 Å². The summed E-state index contributed by atoms with van der Waals surface area (Å²) in [5.41, 5.74) is 10.7. The van der Waals surface area contributed by atoms with Gasteiger partial charge >= 0.3 is 11.9 Å². The number of carbonyl (C=O) groups excluding carboxylic acids is 13. The Morgan fingerprint density at radius 3 is 1.38 bits per heavy atom. The topological polar surface area (TPSA) is 504 Å². The Morgan fingerprint density at radius 2 is 0.930 bits per heavy atom. The third-order valence-corrected chi connectivity index (χ3v) is 13.4. The summed E-state index contributed by atoms with van der Waals surface area (Å²) < 4.78 is 0. The van der Waals surface area contributed by atoms with Crippen molar-refractivity contribution in [1.29, 1.82) is 0 Å². The Kier molecular flexibility index (Phi) is 32.5. The Morgan fingerprint density at radius 1 is 0.500 bits per heavy atom. The number of primary amides is 1. The minimum absolute atomic E-state index is 0.0142. The maximum atomic E-state index is 14.1. The molecular weight excluding hydrogens is 1130 g/mol. The molecule has 0 saturated carbocycles. The van der Waals surface area contributed by atoms with Crippen LogP contribution in [-0.2, 0) is 71.9 Å². The van der Waals surface area contributed by atoms with Gasteiger partial charge in [0.25, 0.3) is 0 Å². The van der Waals surface area contributed by atoms with E-state index in [1.54, 1.807) is 55.4 Å². The summed E-state index contributed by atoms with van der Waals surface area (Å²) in [5.74, 6) is -15.4. The van der Waals surface area contributed by atoms with E-state index in [1.165, 1.54) is 32.6 Å². The minimum Gasteiger partial charge on any atom is -0.481 e. The third-order valence-electron chi connectivity index (χ3n) is 13.4. The zero-order chi connectivity index (χ0) is 66.0. The Bertz CT molecular complexity index is 2440. The van der Waals surface area contributed by atoms with Gasteiger partial charge < -0.3 is 90.2 Å². The van der Waals surface area contributed by atoms with Crippen molar-refractivity contribution in [2.24, 2.45) is 35.1 Å². The number of likely N-dealkylation sites (tertiary alicyclic amines) is 1. The van der Waals surface area contributed by atoms with E-state index in [4.69, 9.17) is 16.6 Å². The van der Waals surface area contributed by atoms with E-state index >= 15 is 0 Å². The predicted molar refractivity (Wildman–Crippen MR) is 306 cm³/mol. The molecule has 12 atom stereocenters. The molecule has 486 valence electrons. The number of nitrogens with zero attached hydrogens (tertiary/aromatic N) is 1. The Labute approximate surface area is 499 Å². The van der Waals surface area contributed by atoms with Gasteiger partial charge in [-0.1, -0.05) is 55.4 Å². The van der Waals surface area contributed by atoms with Gasteiger partial charge in [-0.15, -0.1) is 0 Å². The quantitative estimate of drug-likeness (QED) is 0.0277. The molecule has 32 heteroatoms. The highest BCUT2D eigenvalue weighted by atomic mass is 16.4. The number of aliphatic hydroxyl groups excluding tert-OH is 1. The molecule has 1 heterocycles. The van der Waals surface area contributed by atoms with E-state index in [-0.39, 0.29) is 62.9 Å². The molecule has 32 nitrogen and oxygen atoms in total. The molecule has 1 aliphatic rings. The van der Waals surface area contributed by atoms with Gasteiger partial charge in [0, 0.05) is 13.0 Å². The molecule has 0 aromatic heterocycles. The molecule has 18 N–H and O–H groups in total. The van der Waals surface area contributed by atoms with E-state index in [1.807, 2.05) is 0 Å². The molecule has 1 aliphatic heterocycles. The predicted octanol–water partition coefficient (Wildman–Crippen LogP) is -5.04. The van der Waals surface area contributed by atoms with Crippen molar-refractivity contribution >= 4 is 88.7 Å².